The van der Waals surface area contributed by atoms with Crippen molar-refractivity contribution in [3.05, 3.63) is 63.5 Å². The van der Waals surface area contributed by atoms with E-state index in [1.165, 1.54) is 6.20 Å². The molecule has 2 rings (SSSR count). The number of carboxylic acid groups (broad SMARTS) is 1. The Morgan fingerprint density at radius 2 is 1.95 bits per heavy atom. The highest BCUT2D eigenvalue weighted by molar-refractivity contribution is 14.1. The summed E-state index contributed by atoms with van der Waals surface area (Å²) >= 11 is 2.18. The van der Waals surface area contributed by atoms with Crippen molar-refractivity contribution in [1.82, 2.24) is 10.3 Å². The molecule has 0 fully saturated rings. The average molecular weight is 396 g/mol. The number of amides is 1. The number of carboxylic acids is 1. The molecule has 1 aromatic heterocycles. The van der Waals surface area contributed by atoms with E-state index in [0.29, 0.717) is 5.56 Å². The van der Waals surface area contributed by atoms with Crippen LogP contribution in [0.25, 0.3) is 0 Å². The summed E-state index contributed by atoms with van der Waals surface area (Å²) in [6, 6.07) is 9.76. The molecule has 1 heterocycles. The molecule has 0 radical (unpaired) electrons. The maximum absolute atomic E-state index is 12.0. The van der Waals surface area contributed by atoms with E-state index in [0.717, 1.165) is 9.13 Å². The van der Waals surface area contributed by atoms with E-state index < -0.39 is 17.9 Å². The van der Waals surface area contributed by atoms with Crippen LogP contribution in [0.3, 0.4) is 0 Å². The Labute approximate surface area is 135 Å². The number of hydrogen-bond acceptors (Lipinski definition) is 3. The zero-order valence-corrected chi connectivity index (χ0v) is 13.1. The van der Waals surface area contributed by atoms with Crippen LogP contribution < -0.4 is 5.32 Å². The van der Waals surface area contributed by atoms with Crippen molar-refractivity contribution in [2.45, 2.75) is 12.5 Å². The fraction of sp³-hybridized carbons (Fsp3) is 0.133. The minimum absolute atomic E-state index is 0.234. The summed E-state index contributed by atoms with van der Waals surface area (Å²) in [6.07, 6.45) is 3.19. The molecule has 108 valence electrons. The molecule has 0 saturated heterocycles. The number of halogens is 1. The number of pyridine rings is 1. The van der Waals surface area contributed by atoms with Crippen molar-refractivity contribution >= 4 is 34.5 Å². The summed E-state index contributed by atoms with van der Waals surface area (Å²) in [7, 11) is 0. The van der Waals surface area contributed by atoms with E-state index in [-0.39, 0.29) is 6.42 Å². The maximum Gasteiger partial charge on any atom is 0.326 e. The van der Waals surface area contributed by atoms with E-state index in [1.807, 2.05) is 24.3 Å². The Hall–Kier alpha value is -1.96. The quantitative estimate of drug-likeness (QED) is 0.759. The first-order valence-corrected chi connectivity index (χ1v) is 7.32. The monoisotopic (exact) mass is 396 g/mol. The normalized spacial score (nSPS) is 11.7. The molecule has 0 aliphatic carbocycles. The molecular weight excluding hydrogens is 383 g/mol. The molecule has 1 amide bonds. The van der Waals surface area contributed by atoms with Crippen molar-refractivity contribution in [2.75, 3.05) is 0 Å². The molecule has 0 bridgehead atoms. The van der Waals surface area contributed by atoms with Crippen molar-refractivity contribution in [2.24, 2.45) is 0 Å². The number of nitrogens with one attached hydrogen (secondary N) is 1. The van der Waals surface area contributed by atoms with Gasteiger partial charge in [0.15, 0.2) is 0 Å². The summed E-state index contributed by atoms with van der Waals surface area (Å²) < 4.78 is 1.07. The highest BCUT2D eigenvalue weighted by Gasteiger charge is 2.21. The zero-order chi connectivity index (χ0) is 15.2. The SMILES string of the molecule is O=C(N[C@@H](Cc1ccc(I)cc1)C(=O)O)c1cccnc1. The predicted molar refractivity (Wildman–Crippen MR) is 86.0 cm³/mol. The zero-order valence-electron chi connectivity index (χ0n) is 11.0. The van der Waals surface area contributed by atoms with Gasteiger partial charge in [0.05, 0.1) is 5.56 Å². The molecule has 0 spiro atoms. The van der Waals surface area contributed by atoms with Crippen molar-refractivity contribution in [3.8, 4) is 0 Å². The van der Waals surface area contributed by atoms with E-state index >= 15 is 0 Å². The van der Waals surface area contributed by atoms with Gasteiger partial charge in [0, 0.05) is 22.4 Å². The van der Waals surface area contributed by atoms with E-state index in [4.69, 9.17) is 0 Å². The van der Waals surface area contributed by atoms with Crippen molar-refractivity contribution in [3.63, 3.8) is 0 Å². The second-order valence-corrected chi connectivity index (χ2v) is 5.68. The minimum Gasteiger partial charge on any atom is -0.480 e. The number of hydrogen-bond donors (Lipinski definition) is 2. The number of aromatic nitrogens is 1. The maximum atomic E-state index is 12.0. The van der Waals surface area contributed by atoms with Crippen LogP contribution in [0.2, 0.25) is 0 Å². The Morgan fingerprint density at radius 1 is 1.24 bits per heavy atom. The van der Waals surface area contributed by atoms with Crippen LogP contribution in [-0.2, 0) is 11.2 Å². The largest absolute Gasteiger partial charge is 0.480 e. The first-order chi connectivity index (χ1) is 10.1. The summed E-state index contributed by atoms with van der Waals surface area (Å²) in [5.74, 6) is -1.51. The van der Waals surface area contributed by atoms with Gasteiger partial charge in [-0.15, -0.1) is 0 Å². The molecule has 0 aliphatic rings. The molecule has 21 heavy (non-hydrogen) atoms. The fourth-order valence-electron chi connectivity index (χ4n) is 1.79. The van der Waals surface area contributed by atoms with Gasteiger partial charge in [-0.2, -0.15) is 0 Å². The smallest absolute Gasteiger partial charge is 0.326 e. The van der Waals surface area contributed by atoms with Gasteiger partial charge < -0.3 is 10.4 Å². The summed E-state index contributed by atoms with van der Waals surface area (Å²) in [5.41, 5.74) is 1.20. The van der Waals surface area contributed by atoms with E-state index in [9.17, 15) is 14.7 Å². The Kier molecular flexibility index (Phi) is 5.26. The van der Waals surface area contributed by atoms with Gasteiger partial charge in [-0.3, -0.25) is 9.78 Å². The third-order valence-electron chi connectivity index (χ3n) is 2.88. The number of aliphatic carboxylic acids is 1. The number of benzene rings is 1. The van der Waals surface area contributed by atoms with Crippen LogP contribution in [0, 0.1) is 3.57 Å². The standard InChI is InChI=1S/C15H13IN2O3/c16-12-5-3-10(4-6-12)8-13(15(20)21)18-14(19)11-2-1-7-17-9-11/h1-7,9,13H,8H2,(H,18,19)(H,20,21)/t13-/m0/s1. The number of carbonyl (C=O) groups is 2. The van der Waals surface area contributed by atoms with Gasteiger partial charge in [0.25, 0.3) is 5.91 Å². The summed E-state index contributed by atoms with van der Waals surface area (Å²) in [5, 5.41) is 11.8. The average Bonchev–Trinajstić information content (AvgIpc) is 2.49. The molecule has 5 nitrogen and oxygen atoms in total. The second kappa shape index (κ2) is 7.16. The highest BCUT2D eigenvalue weighted by atomic mass is 127. The highest BCUT2D eigenvalue weighted by Crippen LogP contribution is 2.09. The minimum atomic E-state index is -1.06. The molecule has 2 aromatic rings. The van der Waals surface area contributed by atoms with Crippen LogP contribution in [0.5, 0.6) is 0 Å². The van der Waals surface area contributed by atoms with Crippen molar-refractivity contribution in [1.29, 1.82) is 0 Å². The lowest BCUT2D eigenvalue weighted by molar-refractivity contribution is -0.139. The lowest BCUT2D eigenvalue weighted by Crippen LogP contribution is -2.42. The molecule has 1 aromatic carbocycles. The molecule has 2 N–H and O–H groups in total. The number of nitrogens with zero attached hydrogens (tertiary/aromatic N) is 1. The third-order valence-corrected chi connectivity index (χ3v) is 3.60. The first kappa shape index (κ1) is 15.4. The van der Waals surface area contributed by atoms with Gasteiger partial charge in [0.2, 0.25) is 0 Å². The molecular formula is C15H13IN2O3. The second-order valence-electron chi connectivity index (χ2n) is 4.44. The Bertz CT molecular complexity index is 629. The third kappa shape index (κ3) is 4.52. The fourth-order valence-corrected chi connectivity index (χ4v) is 2.15. The summed E-state index contributed by atoms with van der Waals surface area (Å²) in [4.78, 5) is 27.1. The van der Waals surface area contributed by atoms with Crippen LogP contribution >= 0.6 is 22.6 Å². The van der Waals surface area contributed by atoms with E-state index in [1.54, 1.807) is 18.3 Å². The lowest BCUT2D eigenvalue weighted by atomic mass is 10.1. The topological polar surface area (TPSA) is 79.3 Å². The van der Waals surface area contributed by atoms with Gasteiger partial charge >= 0.3 is 5.97 Å². The van der Waals surface area contributed by atoms with Crippen LogP contribution in [0.4, 0.5) is 0 Å². The van der Waals surface area contributed by atoms with Crippen LogP contribution in [0.1, 0.15) is 15.9 Å². The molecule has 0 aliphatic heterocycles. The van der Waals surface area contributed by atoms with Gasteiger partial charge in [0.1, 0.15) is 6.04 Å². The summed E-state index contributed by atoms with van der Waals surface area (Å²) in [6.45, 7) is 0. The molecule has 1 atom stereocenters. The molecule has 0 unspecified atom stereocenters. The lowest BCUT2D eigenvalue weighted by Gasteiger charge is -2.14. The predicted octanol–water partition coefficient (Wildman–Crippen LogP) is 2.11. The van der Waals surface area contributed by atoms with Gasteiger partial charge in [-0.05, 0) is 52.4 Å². The number of rotatable bonds is 5. The van der Waals surface area contributed by atoms with E-state index in [2.05, 4.69) is 32.9 Å². The van der Waals surface area contributed by atoms with Crippen molar-refractivity contribution < 1.29 is 14.7 Å². The number of carbonyl (C=O) groups excluding carboxylic acids is 1. The van der Waals surface area contributed by atoms with Gasteiger partial charge in [-0.25, -0.2) is 4.79 Å². The van der Waals surface area contributed by atoms with Crippen LogP contribution in [-0.4, -0.2) is 28.0 Å². The molecule has 6 heteroatoms. The Balaban J connectivity index is 2.07. The first-order valence-electron chi connectivity index (χ1n) is 6.24. The molecule has 0 saturated carbocycles. The Morgan fingerprint density at radius 3 is 2.52 bits per heavy atom. The van der Waals surface area contributed by atoms with Crippen LogP contribution in [0.15, 0.2) is 48.8 Å². The van der Waals surface area contributed by atoms with Gasteiger partial charge in [-0.1, -0.05) is 12.1 Å².